The molecule has 0 fully saturated rings. The third-order valence-electron chi connectivity index (χ3n) is 1.95. The molecule has 0 atom stereocenters. The SMILES string of the molecule is OCCOCCCCCc1ccon1. The molecule has 0 aliphatic heterocycles. The third kappa shape index (κ3) is 4.99. The highest BCUT2D eigenvalue weighted by atomic mass is 16.5. The number of rotatable bonds is 8. The summed E-state index contributed by atoms with van der Waals surface area (Å²) in [4.78, 5) is 0. The second kappa shape index (κ2) is 7.53. The molecule has 0 amide bonds. The van der Waals surface area contributed by atoms with E-state index in [-0.39, 0.29) is 6.61 Å². The van der Waals surface area contributed by atoms with Crippen molar-refractivity contribution < 1.29 is 14.4 Å². The van der Waals surface area contributed by atoms with Crippen molar-refractivity contribution in [3.8, 4) is 0 Å². The van der Waals surface area contributed by atoms with Crippen molar-refractivity contribution in [2.45, 2.75) is 25.7 Å². The van der Waals surface area contributed by atoms with Gasteiger partial charge in [-0.2, -0.15) is 0 Å². The number of hydrogen-bond acceptors (Lipinski definition) is 4. The molecular weight excluding hydrogens is 182 g/mol. The first kappa shape index (κ1) is 11.2. The van der Waals surface area contributed by atoms with Crippen LogP contribution in [0.3, 0.4) is 0 Å². The summed E-state index contributed by atoms with van der Waals surface area (Å²) in [6, 6.07) is 1.89. The second-order valence-corrected chi connectivity index (χ2v) is 3.14. The van der Waals surface area contributed by atoms with Gasteiger partial charge in [-0.3, -0.25) is 0 Å². The van der Waals surface area contributed by atoms with Crippen molar-refractivity contribution in [2.24, 2.45) is 0 Å². The average molecular weight is 199 g/mol. The Labute approximate surface area is 83.9 Å². The minimum atomic E-state index is 0.110. The maximum Gasteiger partial charge on any atom is 0.124 e. The second-order valence-electron chi connectivity index (χ2n) is 3.14. The van der Waals surface area contributed by atoms with E-state index in [0.29, 0.717) is 6.61 Å². The Balaban J connectivity index is 1.85. The summed E-state index contributed by atoms with van der Waals surface area (Å²) in [5, 5.41) is 12.3. The van der Waals surface area contributed by atoms with Gasteiger partial charge in [-0.15, -0.1) is 0 Å². The van der Waals surface area contributed by atoms with E-state index in [1.807, 2.05) is 6.07 Å². The Bertz CT molecular complexity index is 211. The van der Waals surface area contributed by atoms with Crippen molar-refractivity contribution in [1.82, 2.24) is 5.16 Å². The van der Waals surface area contributed by atoms with Crippen LogP contribution >= 0.6 is 0 Å². The van der Waals surface area contributed by atoms with Crippen LogP contribution in [0.5, 0.6) is 0 Å². The number of ether oxygens (including phenoxy) is 1. The maximum atomic E-state index is 8.45. The zero-order valence-corrected chi connectivity index (χ0v) is 8.32. The van der Waals surface area contributed by atoms with Crippen LogP contribution in [0.4, 0.5) is 0 Å². The van der Waals surface area contributed by atoms with Gasteiger partial charge in [0.1, 0.15) is 6.26 Å². The number of unbranched alkanes of at least 4 members (excludes halogenated alkanes) is 2. The topological polar surface area (TPSA) is 55.5 Å². The number of nitrogens with zero attached hydrogens (tertiary/aromatic N) is 1. The normalized spacial score (nSPS) is 10.6. The van der Waals surface area contributed by atoms with E-state index < -0.39 is 0 Å². The minimum absolute atomic E-state index is 0.110. The first-order valence-corrected chi connectivity index (χ1v) is 5.01. The van der Waals surface area contributed by atoms with Crippen molar-refractivity contribution >= 4 is 0 Å². The predicted molar refractivity (Wildman–Crippen MR) is 52.0 cm³/mol. The first-order chi connectivity index (χ1) is 6.93. The van der Waals surface area contributed by atoms with Gasteiger partial charge in [0.25, 0.3) is 0 Å². The Morgan fingerprint density at radius 2 is 2.21 bits per heavy atom. The van der Waals surface area contributed by atoms with E-state index in [2.05, 4.69) is 5.16 Å². The smallest absolute Gasteiger partial charge is 0.124 e. The van der Waals surface area contributed by atoms with Crippen LogP contribution < -0.4 is 0 Å². The Kier molecular flexibility index (Phi) is 6.02. The van der Waals surface area contributed by atoms with Gasteiger partial charge < -0.3 is 14.4 Å². The molecule has 0 bridgehead atoms. The molecule has 1 heterocycles. The third-order valence-corrected chi connectivity index (χ3v) is 1.95. The van der Waals surface area contributed by atoms with E-state index in [1.54, 1.807) is 6.26 Å². The van der Waals surface area contributed by atoms with Crippen LogP contribution in [0.2, 0.25) is 0 Å². The number of aryl methyl sites for hydroxylation is 1. The Morgan fingerprint density at radius 3 is 2.93 bits per heavy atom. The first-order valence-electron chi connectivity index (χ1n) is 5.01. The largest absolute Gasteiger partial charge is 0.394 e. The van der Waals surface area contributed by atoms with Crippen LogP contribution in [-0.4, -0.2) is 30.1 Å². The summed E-state index contributed by atoms with van der Waals surface area (Å²) in [5.41, 5.74) is 1.02. The highest BCUT2D eigenvalue weighted by Crippen LogP contribution is 2.03. The Hall–Kier alpha value is -0.870. The highest BCUT2D eigenvalue weighted by Gasteiger charge is 1.96. The molecule has 1 aromatic rings. The van der Waals surface area contributed by atoms with E-state index in [0.717, 1.165) is 38.0 Å². The lowest BCUT2D eigenvalue weighted by Crippen LogP contribution is -2.00. The minimum Gasteiger partial charge on any atom is -0.394 e. The molecule has 14 heavy (non-hydrogen) atoms. The molecule has 0 unspecified atom stereocenters. The molecule has 4 nitrogen and oxygen atoms in total. The summed E-state index contributed by atoms with van der Waals surface area (Å²) in [6.07, 6.45) is 5.83. The van der Waals surface area contributed by atoms with Gasteiger partial charge in [-0.1, -0.05) is 11.6 Å². The molecule has 1 aromatic heterocycles. The van der Waals surface area contributed by atoms with Crippen LogP contribution in [0.15, 0.2) is 16.9 Å². The van der Waals surface area contributed by atoms with Gasteiger partial charge >= 0.3 is 0 Å². The van der Waals surface area contributed by atoms with E-state index >= 15 is 0 Å². The number of aliphatic hydroxyl groups is 1. The molecule has 0 saturated carbocycles. The monoisotopic (exact) mass is 199 g/mol. The van der Waals surface area contributed by atoms with E-state index in [4.69, 9.17) is 14.4 Å². The molecule has 0 spiro atoms. The molecule has 80 valence electrons. The van der Waals surface area contributed by atoms with E-state index in [1.165, 1.54) is 0 Å². The number of aliphatic hydroxyl groups excluding tert-OH is 1. The van der Waals surface area contributed by atoms with Crippen LogP contribution in [-0.2, 0) is 11.2 Å². The fourth-order valence-electron chi connectivity index (χ4n) is 1.22. The highest BCUT2D eigenvalue weighted by molar-refractivity contribution is 4.94. The van der Waals surface area contributed by atoms with Gasteiger partial charge in [0.2, 0.25) is 0 Å². The molecule has 0 aliphatic rings. The van der Waals surface area contributed by atoms with Gasteiger partial charge in [0.15, 0.2) is 0 Å². The number of aromatic nitrogens is 1. The molecule has 4 heteroatoms. The Morgan fingerprint density at radius 1 is 1.29 bits per heavy atom. The summed E-state index contributed by atoms with van der Waals surface area (Å²) in [6.45, 7) is 1.29. The summed E-state index contributed by atoms with van der Waals surface area (Å²) in [5.74, 6) is 0. The van der Waals surface area contributed by atoms with Crippen LogP contribution in [0, 0.1) is 0 Å². The van der Waals surface area contributed by atoms with Gasteiger partial charge in [0.05, 0.1) is 18.9 Å². The molecule has 1 N–H and O–H groups in total. The quantitative estimate of drug-likeness (QED) is 0.643. The lowest BCUT2D eigenvalue weighted by molar-refractivity contribution is 0.0896. The lowest BCUT2D eigenvalue weighted by atomic mass is 10.1. The predicted octanol–water partition coefficient (Wildman–Crippen LogP) is 1.40. The van der Waals surface area contributed by atoms with Crippen LogP contribution in [0.25, 0.3) is 0 Å². The zero-order chi connectivity index (χ0) is 10.1. The van der Waals surface area contributed by atoms with Crippen molar-refractivity contribution in [2.75, 3.05) is 19.8 Å². The molecule has 0 aliphatic carbocycles. The molecule has 0 aromatic carbocycles. The number of hydrogen-bond donors (Lipinski definition) is 1. The lowest BCUT2D eigenvalue weighted by Gasteiger charge is -2.01. The van der Waals surface area contributed by atoms with Crippen molar-refractivity contribution in [1.29, 1.82) is 0 Å². The summed E-state index contributed by atoms with van der Waals surface area (Å²) < 4.78 is 9.86. The van der Waals surface area contributed by atoms with Crippen LogP contribution in [0.1, 0.15) is 25.0 Å². The zero-order valence-electron chi connectivity index (χ0n) is 8.32. The average Bonchev–Trinajstić information content (AvgIpc) is 2.69. The van der Waals surface area contributed by atoms with Gasteiger partial charge in [-0.25, -0.2) is 0 Å². The van der Waals surface area contributed by atoms with Crippen molar-refractivity contribution in [3.63, 3.8) is 0 Å². The summed E-state index contributed by atoms with van der Waals surface area (Å²) in [7, 11) is 0. The maximum absolute atomic E-state index is 8.45. The molecular formula is C10H17NO3. The molecule has 1 rings (SSSR count). The van der Waals surface area contributed by atoms with Gasteiger partial charge in [-0.05, 0) is 19.3 Å². The summed E-state index contributed by atoms with van der Waals surface area (Å²) >= 11 is 0. The molecule has 0 saturated heterocycles. The van der Waals surface area contributed by atoms with E-state index in [9.17, 15) is 0 Å². The standard InChI is InChI=1S/C10H17NO3/c12-6-9-13-7-3-1-2-4-10-5-8-14-11-10/h5,8,12H,1-4,6-7,9H2. The fraction of sp³-hybridized carbons (Fsp3) is 0.700. The van der Waals surface area contributed by atoms with Gasteiger partial charge in [0, 0.05) is 12.7 Å². The van der Waals surface area contributed by atoms with Crippen molar-refractivity contribution in [3.05, 3.63) is 18.0 Å². The fourth-order valence-corrected chi connectivity index (χ4v) is 1.22. The molecule has 0 radical (unpaired) electrons.